The summed E-state index contributed by atoms with van der Waals surface area (Å²) >= 11 is 12.5. The number of aromatic nitrogens is 3. The zero-order valence-corrected chi connectivity index (χ0v) is 13.5. The molecule has 0 saturated carbocycles. The van der Waals surface area contributed by atoms with Crippen molar-refractivity contribution in [2.24, 2.45) is 0 Å². The third kappa shape index (κ3) is 2.48. The van der Waals surface area contributed by atoms with Crippen LogP contribution >= 0.6 is 23.2 Å². The Bertz CT molecular complexity index is 994. The Kier molecular flexibility index (Phi) is 3.52. The first-order valence-corrected chi connectivity index (χ1v) is 7.82. The zero-order chi connectivity index (χ0) is 15.8. The van der Waals surface area contributed by atoms with Gasteiger partial charge in [0.1, 0.15) is 17.1 Å². The first kappa shape index (κ1) is 14.2. The maximum Gasteiger partial charge on any atom is 0.150 e. The van der Waals surface area contributed by atoms with Gasteiger partial charge < -0.3 is 4.57 Å². The van der Waals surface area contributed by atoms with E-state index in [1.54, 1.807) is 0 Å². The molecule has 4 aromatic rings. The molecule has 0 aliphatic heterocycles. The smallest absolute Gasteiger partial charge is 0.150 e. The summed E-state index contributed by atoms with van der Waals surface area (Å²) in [5, 5.41) is 1.95. The van der Waals surface area contributed by atoms with Crippen molar-refractivity contribution in [2.45, 2.75) is 0 Å². The Morgan fingerprint density at radius 1 is 0.870 bits per heavy atom. The average molecular weight is 340 g/mol. The van der Waals surface area contributed by atoms with Crippen molar-refractivity contribution in [3.05, 3.63) is 77.3 Å². The van der Waals surface area contributed by atoms with Crippen LogP contribution in [0.3, 0.4) is 0 Å². The minimum atomic E-state index is 0.439. The van der Waals surface area contributed by atoms with Gasteiger partial charge in [0, 0.05) is 22.5 Å². The van der Waals surface area contributed by atoms with Crippen LogP contribution in [0.15, 0.2) is 67.1 Å². The first-order chi connectivity index (χ1) is 11.2. The third-order valence-electron chi connectivity index (χ3n) is 3.71. The molecule has 0 radical (unpaired) electrons. The van der Waals surface area contributed by atoms with E-state index < -0.39 is 0 Å². The van der Waals surface area contributed by atoms with Gasteiger partial charge in [0.2, 0.25) is 0 Å². The molecule has 2 heterocycles. The van der Waals surface area contributed by atoms with Crippen LogP contribution in [0.5, 0.6) is 0 Å². The summed E-state index contributed by atoms with van der Waals surface area (Å²) < 4.78 is 1.98. The van der Waals surface area contributed by atoms with Crippen LogP contribution < -0.4 is 0 Å². The van der Waals surface area contributed by atoms with Gasteiger partial charge in [-0.2, -0.15) is 0 Å². The Balaban J connectivity index is 2.06. The second-order valence-electron chi connectivity index (χ2n) is 5.12. The lowest BCUT2D eigenvalue weighted by Crippen LogP contribution is -1.94. The minimum absolute atomic E-state index is 0.439. The summed E-state index contributed by atoms with van der Waals surface area (Å²) in [4.78, 5) is 8.55. The molecule has 0 bridgehead atoms. The van der Waals surface area contributed by atoms with Gasteiger partial charge in [0.15, 0.2) is 0 Å². The SMILES string of the molecule is Clc1cccc(-n2cc(-c3ccccc3)c3c(Cl)ncnc32)c1. The van der Waals surface area contributed by atoms with Crippen LogP contribution in [0.25, 0.3) is 27.8 Å². The molecule has 0 amide bonds. The summed E-state index contributed by atoms with van der Waals surface area (Å²) in [7, 11) is 0. The summed E-state index contributed by atoms with van der Waals surface area (Å²) in [6.07, 6.45) is 3.49. The van der Waals surface area contributed by atoms with Gasteiger partial charge in [-0.3, -0.25) is 0 Å². The fourth-order valence-corrected chi connectivity index (χ4v) is 3.10. The molecule has 5 heteroatoms. The predicted octanol–water partition coefficient (Wildman–Crippen LogP) is 5.39. The van der Waals surface area contributed by atoms with Gasteiger partial charge in [0.25, 0.3) is 0 Å². The number of hydrogen-bond donors (Lipinski definition) is 0. The van der Waals surface area contributed by atoms with Crippen LogP contribution in [0.2, 0.25) is 10.2 Å². The lowest BCUT2D eigenvalue weighted by molar-refractivity contribution is 1.08. The van der Waals surface area contributed by atoms with Crippen LogP contribution in [0.1, 0.15) is 0 Å². The summed E-state index contributed by atoms with van der Waals surface area (Å²) in [5.41, 5.74) is 3.74. The van der Waals surface area contributed by atoms with E-state index in [0.29, 0.717) is 10.2 Å². The average Bonchev–Trinajstić information content (AvgIpc) is 2.97. The fraction of sp³-hybridized carbons (Fsp3) is 0. The Labute approximate surface area is 143 Å². The standard InChI is InChI=1S/C18H11Cl2N3/c19-13-7-4-8-14(9-13)23-10-15(12-5-2-1-3-6-12)16-17(20)21-11-22-18(16)23/h1-11H. The van der Waals surface area contributed by atoms with Crippen molar-refractivity contribution in [2.75, 3.05) is 0 Å². The maximum atomic E-state index is 6.35. The molecule has 3 nitrogen and oxygen atoms in total. The third-order valence-corrected chi connectivity index (χ3v) is 4.23. The van der Waals surface area contributed by atoms with E-state index >= 15 is 0 Å². The van der Waals surface area contributed by atoms with E-state index in [1.807, 2.05) is 65.4 Å². The number of hydrogen-bond acceptors (Lipinski definition) is 2. The molecule has 0 unspecified atom stereocenters. The van der Waals surface area contributed by atoms with Crippen LogP contribution in [0.4, 0.5) is 0 Å². The van der Waals surface area contributed by atoms with Crippen molar-refractivity contribution in [1.29, 1.82) is 0 Å². The van der Waals surface area contributed by atoms with E-state index in [-0.39, 0.29) is 0 Å². The predicted molar refractivity (Wildman–Crippen MR) is 94.3 cm³/mol. The van der Waals surface area contributed by atoms with E-state index in [0.717, 1.165) is 27.8 Å². The Morgan fingerprint density at radius 3 is 2.48 bits per heavy atom. The maximum absolute atomic E-state index is 6.35. The molecule has 2 aromatic carbocycles. The second kappa shape index (κ2) is 5.69. The normalized spacial score (nSPS) is 11.0. The largest absolute Gasteiger partial charge is 0.300 e. The molecule has 0 fully saturated rings. The van der Waals surface area contributed by atoms with E-state index in [1.165, 1.54) is 6.33 Å². The molecular formula is C18H11Cl2N3. The van der Waals surface area contributed by atoms with Crippen molar-refractivity contribution in [1.82, 2.24) is 14.5 Å². The highest BCUT2D eigenvalue weighted by atomic mass is 35.5. The number of fused-ring (bicyclic) bond motifs is 1. The molecule has 0 atom stereocenters. The van der Waals surface area contributed by atoms with Gasteiger partial charge in [-0.15, -0.1) is 0 Å². The number of benzene rings is 2. The minimum Gasteiger partial charge on any atom is -0.300 e. The molecule has 0 N–H and O–H groups in total. The lowest BCUT2D eigenvalue weighted by Gasteiger charge is -2.04. The van der Waals surface area contributed by atoms with E-state index in [2.05, 4.69) is 9.97 Å². The van der Waals surface area contributed by atoms with Crippen LogP contribution in [-0.4, -0.2) is 14.5 Å². The number of rotatable bonds is 2. The van der Waals surface area contributed by atoms with Crippen molar-refractivity contribution in [3.8, 4) is 16.8 Å². The van der Waals surface area contributed by atoms with Gasteiger partial charge in [0.05, 0.1) is 5.39 Å². The topological polar surface area (TPSA) is 30.7 Å². The summed E-state index contributed by atoms with van der Waals surface area (Å²) in [6, 6.07) is 17.7. The van der Waals surface area contributed by atoms with Gasteiger partial charge in [-0.1, -0.05) is 59.6 Å². The molecule has 0 spiro atoms. The van der Waals surface area contributed by atoms with Crippen LogP contribution in [0, 0.1) is 0 Å². The van der Waals surface area contributed by atoms with Gasteiger partial charge in [-0.25, -0.2) is 9.97 Å². The van der Waals surface area contributed by atoms with E-state index in [9.17, 15) is 0 Å². The zero-order valence-electron chi connectivity index (χ0n) is 11.9. The molecule has 2 aromatic heterocycles. The quantitative estimate of drug-likeness (QED) is 0.458. The fourth-order valence-electron chi connectivity index (χ4n) is 2.68. The highest BCUT2D eigenvalue weighted by Crippen LogP contribution is 2.35. The van der Waals surface area contributed by atoms with Gasteiger partial charge in [-0.05, 0) is 23.8 Å². The molecular weight excluding hydrogens is 329 g/mol. The highest BCUT2D eigenvalue weighted by Gasteiger charge is 2.16. The van der Waals surface area contributed by atoms with Crippen molar-refractivity contribution >= 4 is 34.2 Å². The van der Waals surface area contributed by atoms with E-state index in [4.69, 9.17) is 23.2 Å². The molecule has 112 valence electrons. The monoisotopic (exact) mass is 339 g/mol. The molecule has 23 heavy (non-hydrogen) atoms. The summed E-state index contributed by atoms with van der Waals surface area (Å²) in [5.74, 6) is 0. The summed E-state index contributed by atoms with van der Waals surface area (Å²) in [6.45, 7) is 0. The Morgan fingerprint density at radius 2 is 1.70 bits per heavy atom. The van der Waals surface area contributed by atoms with Crippen LogP contribution in [-0.2, 0) is 0 Å². The highest BCUT2D eigenvalue weighted by molar-refractivity contribution is 6.35. The molecule has 0 saturated heterocycles. The van der Waals surface area contributed by atoms with Crippen molar-refractivity contribution in [3.63, 3.8) is 0 Å². The molecule has 0 aliphatic rings. The van der Waals surface area contributed by atoms with Gasteiger partial charge >= 0.3 is 0 Å². The second-order valence-corrected chi connectivity index (χ2v) is 5.92. The molecule has 0 aliphatic carbocycles. The first-order valence-electron chi connectivity index (χ1n) is 7.07. The lowest BCUT2D eigenvalue weighted by atomic mass is 10.1. The molecule has 4 rings (SSSR count). The number of halogens is 2. The Hall–Kier alpha value is -2.36. The van der Waals surface area contributed by atoms with Crippen molar-refractivity contribution < 1.29 is 0 Å². The number of nitrogens with zero attached hydrogens (tertiary/aromatic N) is 3.